The van der Waals surface area contributed by atoms with Crippen LogP contribution in [0.25, 0.3) is 10.9 Å². The Morgan fingerprint density at radius 1 is 1.35 bits per heavy atom. The van der Waals surface area contributed by atoms with Gasteiger partial charge in [-0.15, -0.1) is 24.8 Å². The third kappa shape index (κ3) is 4.14. The highest BCUT2D eigenvalue weighted by molar-refractivity contribution is 5.98. The van der Waals surface area contributed by atoms with Gasteiger partial charge in [-0.25, -0.2) is 0 Å². The zero-order chi connectivity index (χ0) is 14.8. The number of likely N-dealkylation sites (tertiary alicyclic amines) is 1. The lowest BCUT2D eigenvalue weighted by atomic mass is 9.92. The van der Waals surface area contributed by atoms with E-state index in [0.29, 0.717) is 12.5 Å². The molecule has 1 aliphatic rings. The van der Waals surface area contributed by atoms with Crippen LogP contribution in [0.3, 0.4) is 0 Å². The second-order valence-corrected chi connectivity index (χ2v) is 5.93. The minimum atomic E-state index is 0. The molecule has 1 fully saturated rings. The quantitative estimate of drug-likeness (QED) is 0.898. The van der Waals surface area contributed by atoms with Gasteiger partial charge >= 0.3 is 0 Å². The van der Waals surface area contributed by atoms with Crippen LogP contribution in [0.2, 0.25) is 0 Å². The molecule has 2 atom stereocenters. The Labute approximate surface area is 149 Å². The smallest absolute Gasteiger partial charge is 0.254 e. The minimum Gasteiger partial charge on any atom is -0.334 e. The van der Waals surface area contributed by atoms with Gasteiger partial charge in [-0.2, -0.15) is 0 Å². The van der Waals surface area contributed by atoms with E-state index in [0.717, 1.165) is 35.9 Å². The molecular formula is C17H23Cl2N3O. The van der Waals surface area contributed by atoms with Gasteiger partial charge in [0.05, 0.1) is 5.52 Å². The molecule has 23 heavy (non-hydrogen) atoms. The van der Waals surface area contributed by atoms with E-state index in [1.54, 1.807) is 6.20 Å². The number of amides is 1. The van der Waals surface area contributed by atoms with Gasteiger partial charge in [0.25, 0.3) is 5.91 Å². The summed E-state index contributed by atoms with van der Waals surface area (Å²) in [7, 11) is 0. The lowest BCUT2D eigenvalue weighted by molar-refractivity contribution is 0.0574. The molecule has 2 N–H and O–H groups in total. The van der Waals surface area contributed by atoms with Gasteiger partial charge in [-0.1, -0.05) is 13.0 Å². The summed E-state index contributed by atoms with van der Waals surface area (Å²) in [5, 5.41) is 0.998. The number of aromatic nitrogens is 1. The van der Waals surface area contributed by atoms with E-state index in [-0.39, 0.29) is 36.8 Å². The van der Waals surface area contributed by atoms with Crippen molar-refractivity contribution in [3.8, 4) is 0 Å². The maximum absolute atomic E-state index is 12.8. The molecule has 0 spiro atoms. The molecule has 6 heteroatoms. The molecule has 1 aromatic heterocycles. The summed E-state index contributed by atoms with van der Waals surface area (Å²) in [6.07, 6.45) is 3.81. The molecule has 0 bridgehead atoms. The van der Waals surface area contributed by atoms with Crippen molar-refractivity contribution in [2.75, 3.05) is 13.1 Å². The fourth-order valence-electron chi connectivity index (χ4n) is 3.12. The van der Waals surface area contributed by atoms with Crippen LogP contribution in [0.4, 0.5) is 0 Å². The normalized spacial score (nSPS) is 20.5. The lowest BCUT2D eigenvalue weighted by Gasteiger charge is -2.38. The number of piperidine rings is 1. The van der Waals surface area contributed by atoms with E-state index in [1.807, 2.05) is 35.2 Å². The van der Waals surface area contributed by atoms with E-state index in [4.69, 9.17) is 5.73 Å². The highest BCUT2D eigenvalue weighted by Gasteiger charge is 2.29. The zero-order valence-electron chi connectivity index (χ0n) is 13.1. The molecule has 1 saturated heterocycles. The van der Waals surface area contributed by atoms with Crippen molar-refractivity contribution < 1.29 is 4.79 Å². The number of benzene rings is 1. The second-order valence-electron chi connectivity index (χ2n) is 5.93. The summed E-state index contributed by atoms with van der Waals surface area (Å²) >= 11 is 0. The highest BCUT2D eigenvalue weighted by atomic mass is 35.5. The molecule has 2 heterocycles. The van der Waals surface area contributed by atoms with E-state index in [9.17, 15) is 4.79 Å². The Bertz CT molecular complexity index is 665. The maximum atomic E-state index is 12.8. The number of nitrogens with two attached hydrogens (primary N) is 1. The van der Waals surface area contributed by atoms with Gasteiger partial charge in [0.2, 0.25) is 0 Å². The number of rotatable bonds is 2. The first-order valence-corrected chi connectivity index (χ1v) is 7.55. The van der Waals surface area contributed by atoms with Gasteiger partial charge < -0.3 is 10.6 Å². The molecular weight excluding hydrogens is 333 g/mol. The molecule has 2 aromatic rings. The standard InChI is InChI=1S/C17H21N3O.2ClH/c1-12-6-8-20(15(9-12)11-18)17(21)14-4-5-16-13(10-14)3-2-7-19-16;;/h2-5,7,10,12,15H,6,8-9,11,18H2,1H3;2*1H. The Morgan fingerprint density at radius 2 is 2.13 bits per heavy atom. The molecule has 3 rings (SSSR count). The summed E-state index contributed by atoms with van der Waals surface area (Å²) in [6.45, 7) is 3.56. The summed E-state index contributed by atoms with van der Waals surface area (Å²) in [5.74, 6) is 0.728. The Balaban J connectivity index is 0.00000132. The molecule has 126 valence electrons. The first-order valence-electron chi connectivity index (χ1n) is 7.55. The highest BCUT2D eigenvalue weighted by Crippen LogP contribution is 2.24. The van der Waals surface area contributed by atoms with E-state index >= 15 is 0 Å². The summed E-state index contributed by atoms with van der Waals surface area (Å²) in [6, 6.07) is 9.73. The van der Waals surface area contributed by atoms with E-state index in [2.05, 4.69) is 11.9 Å². The summed E-state index contributed by atoms with van der Waals surface area (Å²) in [5.41, 5.74) is 7.50. The van der Waals surface area contributed by atoms with Crippen molar-refractivity contribution in [1.29, 1.82) is 0 Å². The van der Waals surface area contributed by atoms with Gasteiger partial charge in [0.1, 0.15) is 0 Å². The average Bonchev–Trinajstić information content (AvgIpc) is 2.53. The Hall–Kier alpha value is -1.36. The van der Waals surface area contributed by atoms with Gasteiger partial charge in [0, 0.05) is 36.3 Å². The fourth-order valence-corrected chi connectivity index (χ4v) is 3.12. The molecule has 1 aromatic carbocycles. The van der Waals surface area contributed by atoms with Crippen molar-refractivity contribution in [2.45, 2.75) is 25.8 Å². The van der Waals surface area contributed by atoms with Crippen LogP contribution in [0.5, 0.6) is 0 Å². The van der Waals surface area contributed by atoms with Crippen molar-refractivity contribution in [3.63, 3.8) is 0 Å². The van der Waals surface area contributed by atoms with Crippen LogP contribution in [-0.4, -0.2) is 34.9 Å². The van der Waals surface area contributed by atoms with Crippen molar-refractivity contribution >= 4 is 41.6 Å². The van der Waals surface area contributed by atoms with Gasteiger partial charge in [-0.3, -0.25) is 9.78 Å². The molecule has 4 nitrogen and oxygen atoms in total. The summed E-state index contributed by atoms with van der Waals surface area (Å²) < 4.78 is 0. The molecule has 0 aliphatic carbocycles. The number of fused-ring (bicyclic) bond motifs is 1. The number of nitrogens with zero attached hydrogens (tertiary/aromatic N) is 2. The third-order valence-electron chi connectivity index (χ3n) is 4.36. The van der Waals surface area contributed by atoms with Crippen molar-refractivity contribution in [1.82, 2.24) is 9.88 Å². The second kappa shape index (κ2) is 8.48. The molecule has 1 aliphatic heterocycles. The van der Waals surface area contributed by atoms with Gasteiger partial charge in [0.15, 0.2) is 0 Å². The van der Waals surface area contributed by atoms with E-state index < -0.39 is 0 Å². The topological polar surface area (TPSA) is 59.2 Å². The number of hydrogen-bond acceptors (Lipinski definition) is 3. The van der Waals surface area contributed by atoms with Crippen LogP contribution >= 0.6 is 24.8 Å². The van der Waals surface area contributed by atoms with Crippen LogP contribution in [0.1, 0.15) is 30.1 Å². The number of carbonyl (C=O) groups is 1. The van der Waals surface area contributed by atoms with Gasteiger partial charge in [-0.05, 0) is 43.0 Å². The molecule has 0 saturated carbocycles. The largest absolute Gasteiger partial charge is 0.334 e. The van der Waals surface area contributed by atoms with Crippen molar-refractivity contribution in [2.24, 2.45) is 11.7 Å². The lowest BCUT2D eigenvalue weighted by Crippen LogP contribution is -2.49. The number of halogens is 2. The SMILES string of the molecule is CC1CCN(C(=O)c2ccc3ncccc3c2)C(CN)C1.Cl.Cl. The molecule has 2 unspecified atom stereocenters. The fraction of sp³-hybridized carbons (Fsp3) is 0.412. The number of hydrogen-bond donors (Lipinski definition) is 1. The van der Waals surface area contributed by atoms with Crippen LogP contribution in [0, 0.1) is 5.92 Å². The maximum Gasteiger partial charge on any atom is 0.254 e. The first-order chi connectivity index (χ1) is 10.2. The van der Waals surface area contributed by atoms with E-state index in [1.165, 1.54) is 0 Å². The molecule has 1 amide bonds. The zero-order valence-corrected chi connectivity index (χ0v) is 14.8. The average molecular weight is 356 g/mol. The van der Waals surface area contributed by atoms with Crippen LogP contribution in [-0.2, 0) is 0 Å². The number of carbonyl (C=O) groups excluding carboxylic acids is 1. The van der Waals surface area contributed by atoms with Crippen LogP contribution < -0.4 is 5.73 Å². The predicted molar refractivity (Wildman–Crippen MR) is 98.5 cm³/mol. The number of pyridine rings is 1. The first kappa shape index (κ1) is 19.7. The summed E-state index contributed by atoms with van der Waals surface area (Å²) in [4.78, 5) is 19.0. The minimum absolute atomic E-state index is 0. The molecule has 0 radical (unpaired) electrons. The van der Waals surface area contributed by atoms with Crippen LogP contribution in [0.15, 0.2) is 36.5 Å². The van der Waals surface area contributed by atoms with Crippen molar-refractivity contribution in [3.05, 3.63) is 42.1 Å². The Morgan fingerprint density at radius 3 is 2.87 bits per heavy atom. The third-order valence-corrected chi connectivity index (χ3v) is 4.36. The predicted octanol–water partition coefficient (Wildman–Crippen LogP) is 3.28. The Kier molecular flexibility index (Phi) is 7.26. The monoisotopic (exact) mass is 355 g/mol.